The molecule has 0 aliphatic carbocycles. The van der Waals surface area contributed by atoms with Crippen LogP contribution in [0.5, 0.6) is 0 Å². The molecule has 5 heteroatoms. The summed E-state index contributed by atoms with van der Waals surface area (Å²) in [6.45, 7) is 2.05. The van der Waals surface area contributed by atoms with Crippen LogP contribution in [0.1, 0.15) is 27.6 Å². The van der Waals surface area contributed by atoms with Gasteiger partial charge in [-0.15, -0.1) is 11.3 Å². The lowest BCUT2D eigenvalue weighted by atomic mass is 10.1. The molecular weight excluding hydrogens is 310 g/mol. The van der Waals surface area contributed by atoms with Crippen molar-refractivity contribution in [3.63, 3.8) is 0 Å². The van der Waals surface area contributed by atoms with E-state index in [9.17, 15) is 9.59 Å². The van der Waals surface area contributed by atoms with Crippen LogP contribution in [0.25, 0.3) is 10.1 Å². The fourth-order valence-electron chi connectivity index (χ4n) is 2.30. The van der Waals surface area contributed by atoms with Gasteiger partial charge in [0.25, 0.3) is 5.91 Å². The number of amides is 1. The van der Waals surface area contributed by atoms with Gasteiger partial charge in [0.1, 0.15) is 10.6 Å². The minimum atomic E-state index is -0.423. The van der Waals surface area contributed by atoms with Gasteiger partial charge in [0.05, 0.1) is 6.61 Å². The number of anilines is 1. The van der Waals surface area contributed by atoms with Gasteiger partial charge in [-0.3, -0.25) is 4.79 Å². The lowest BCUT2D eigenvalue weighted by Gasteiger charge is -2.06. The Kier molecular flexibility index (Phi) is 4.39. The SMILES string of the molecule is CCOC(=O)c1c(NC(=O)c2ccccc2)sc2ccccc12. The first-order valence-corrected chi connectivity index (χ1v) is 8.07. The van der Waals surface area contributed by atoms with E-state index in [1.54, 1.807) is 31.2 Å². The van der Waals surface area contributed by atoms with E-state index in [1.165, 1.54) is 11.3 Å². The van der Waals surface area contributed by atoms with Crippen LogP contribution in [0.4, 0.5) is 5.00 Å². The van der Waals surface area contributed by atoms with Crippen molar-refractivity contribution < 1.29 is 14.3 Å². The van der Waals surface area contributed by atoms with Gasteiger partial charge in [0.2, 0.25) is 0 Å². The fraction of sp³-hybridized carbons (Fsp3) is 0.111. The second-order valence-corrected chi connectivity index (χ2v) is 5.90. The molecule has 0 fully saturated rings. The number of ether oxygens (including phenoxy) is 1. The normalized spacial score (nSPS) is 10.5. The number of thiophene rings is 1. The summed E-state index contributed by atoms with van der Waals surface area (Å²) in [6.07, 6.45) is 0. The third-order valence-electron chi connectivity index (χ3n) is 3.34. The molecule has 1 N–H and O–H groups in total. The molecule has 0 bridgehead atoms. The Hall–Kier alpha value is -2.66. The van der Waals surface area contributed by atoms with Gasteiger partial charge in [-0.2, -0.15) is 0 Å². The van der Waals surface area contributed by atoms with E-state index in [1.807, 2.05) is 30.3 Å². The molecule has 1 amide bonds. The van der Waals surface area contributed by atoms with Crippen molar-refractivity contribution in [3.05, 3.63) is 65.7 Å². The van der Waals surface area contributed by atoms with E-state index >= 15 is 0 Å². The summed E-state index contributed by atoms with van der Waals surface area (Å²) in [5.74, 6) is -0.670. The molecule has 116 valence electrons. The largest absolute Gasteiger partial charge is 0.462 e. The molecule has 3 aromatic rings. The Morgan fingerprint density at radius 1 is 1.04 bits per heavy atom. The third kappa shape index (κ3) is 3.10. The fourth-order valence-corrected chi connectivity index (χ4v) is 3.39. The van der Waals surface area contributed by atoms with Crippen molar-refractivity contribution >= 4 is 38.3 Å². The molecule has 0 unspecified atom stereocenters. The molecule has 4 nitrogen and oxygen atoms in total. The molecule has 0 saturated carbocycles. The van der Waals surface area contributed by atoms with Crippen molar-refractivity contribution in [2.24, 2.45) is 0 Å². The van der Waals surface area contributed by atoms with Gasteiger partial charge in [-0.05, 0) is 25.1 Å². The predicted molar refractivity (Wildman–Crippen MR) is 92.2 cm³/mol. The maximum Gasteiger partial charge on any atom is 0.341 e. The first-order chi connectivity index (χ1) is 11.2. The van der Waals surface area contributed by atoms with Crippen molar-refractivity contribution in [2.75, 3.05) is 11.9 Å². The zero-order valence-corrected chi connectivity index (χ0v) is 13.4. The van der Waals surface area contributed by atoms with Crippen LogP contribution in [0.2, 0.25) is 0 Å². The molecule has 0 radical (unpaired) electrons. The van der Waals surface area contributed by atoms with E-state index < -0.39 is 5.97 Å². The Morgan fingerprint density at radius 3 is 2.48 bits per heavy atom. The lowest BCUT2D eigenvalue weighted by molar-refractivity contribution is 0.0530. The Labute approximate surface area is 137 Å². The van der Waals surface area contributed by atoms with Gasteiger partial charge in [-0.1, -0.05) is 36.4 Å². The zero-order valence-electron chi connectivity index (χ0n) is 12.5. The number of benzene rings is 2. The monoisotopic (exact) mass is 325 g/mol. The molecule has 0 aliphatic rings. The number of carbonyl (C=O) groups excluding carboxylic acids is 2. The van der Waals surface area contributed by atoms with Gasteiger partial charge in [0.15, 0.2) is 0 Å². The Morgan fingerprint density at radius 2 is 1.74 bits per heavy atom. The number of fused-ring (bicyclic) bond motifs is 1. The average Bonchev–Trinajstić information content (AvgIpc) is 2.93. The molecule has 23 heavy (non-hydrogen) atoms. The van der Waals surface area contributed by atoms with Crippen LogP contribution >= 0.6 is 11.3 Å². The number of esters is 1. The number of carbonyl (C=O) groups is 2. The Balaban J connectivity index is 2.01. The summed E-state index contributed by atoms with van der Waals surface area (Å²) >= 11 is 1.37. The van der Waals surface area contributed by atoms with Crippen molar-refractivity contribution in [3.8, 4) is 0 Å². The summed E-state index contributed by atoms with van der Waals surface area (Å²) in [5.41, 5.74) is 0.955. The maximum absolute atomic E-state index is 12.4. The highest BCUT2D eigenvalue weighted by Gasteiger charge is 2.21. The van der Waals surface area contributed by atoms with Gasteiger partial charge in [-0.25, -0.2) is 4.79 Å². The molecule has 0 spiro atoms. The van der Waals surface area contributed by atoms with E-state index in [-0.39, 0.29) is 12.5 Å². The summed E-state index contributed by atoms with van der Waals surface area (Å²) in [6, 6.07) is 16.4. The van der Waals surface area contributed by atoms with Crippen LogP contribution in [0, 0.1) is 0 Å². The molecular formula is C18H15NO3S. The van der Waals surface area contributed by atoms with Crippen LogP contribution in [0.15, 0.2) is 54.6 Å². The average molecular weight is 325 g/mol. The Bertz CT molecular complexity index is 855. The van der Waals surface area contributed by atoms with E-state index in [4.69, 9.17) is 4.74 Å². The molecule has 3 rings (SSSR count). The number of rotatable bonds is 4. The minimum Gasteiger partial charge on any atom is -0.462 e. The first-order valence-electron chi connectivity index (χ1n) is 7.25. The smallest absolute Gasteiger partial charge is 0.341 e. The summed E-state index contributed by atoms with van der Waals surface area (Å²) in [5, 5.41) is 4.14. The zero-order chi connectivity index (χ0) is 16.2. The minimum absolute atomic E-state index is 0.247. The summed E-state index contributed by atoms with van der Waals surface area (Å²) < 4.78 is 6.07. The topological polar surface area (TPSA) is 55.4 Å². The van der Waals surface area contributed by atoms with Gasteiger partial charge < -0.3 is 10.1 Å². The maximum atomic E-state index is 12.4. The van der Waals surface area contributed by atoms with Crippen LogP contribution < -0.4 is 5.32 Å². The highest BCUT2D eigenvalue weighted by molar-refractivity contribution is 7.23. The van der Waals surface area contributed by atoms with E-state index in [2.05, 4.69) is 5.32 Å². The standard InChI is InChI=1S/C18H15NO3S/c1-2-22-18(21)15-13-10-6-7-11-14(13)23-17(15)19-16(20)12-8-4-3-5-9-12/h3-11H,2H2,1H3,(H,19,20). The van der Waals surface area contributed by atoms with Crippen molar-refractivity contribution in [2.45, 2.75) is 6.92 Å². The van der Waals surface area contributed by atoms with Crippen molar-refractivity contribution in [1.82, 2.24) is 0 Å². The molecule has 2 aromatic carbocycles. The van der Waals surface area contributed by atoms with E-state index in [0.29, 0.717) is 16.1 Å². The van der Waals surface area contributed by atoms with Gasteiger partial charge in [0, 0.05) is 15.6 Å². The molecule has 1 aromatic heterocycles. The predicted octanol–water partition coefficient (Wildman–Crippen LogP) is 4.33. The number of nitrogens with one attached hydrogen (secondary N) is 1. The lowest BCUT2D eigenvalue weighted by Crippen LogP contribution is -2.14. The van der Waals surface area contributed by atoms with Crippen LogP contribution in [-0.2, 0) is 4.74 Å². The van der Waals surface area contributed by atoms with Crippen molar-refractivity contribution in [1.29, 1.82) is 0 Å². The van der Waals surface area contributed by atoms with Gasteiger partial charge >= 0.3 is 5.97 Å². The first kappa shape index (κ1) is 15.2. The quantitative estimate of drug-likeness (QED) is 0.726. The van der Waals surface area contributed by atoms with Crippen LogP contribution in [-0.4, -0.2) is 18.5 Å². The molecule has 1 heterocycles. The molecule has 0 saturated heterocycles. The van der Waals surface area contributed by atoms with E-state index in [0.717, 1.165) is 10.1 Å². The highest BCUT2D eigenvalue weighted by Crippen LogP contribution is 2.36. The second-order valence-electron chi connectivity index (χ2n) is 4.84. The number of hydrogen-bond donors (Lipinski definition) is 1. The molecule has 0 aliphatic heterocycles. The molecule has 0 atom stereocenters. The summed E-state index contributed by atoms with van der Waals surface area (Å²) in [4.78, 5) is 24.7. The second kappa shape index (κ2) is 6.62. The third-order valence-corrected chi connectivity index (χ3v) is 4.42. The summed E-state index contributed by atoms with van der Waals surface area (Å²) in [7, 11) is 0. The highest BCUT2D eigenvalue weighted by atomic mass is 32.1. The number of hydrogen-bond acceptors (Lipinski definition) is 4. The van der Waals surface area contributed by atoms with Crippen LogP contribution in [0.3, 0.4) is 0 Å².